The summed E-state index contributed by atoms with van der Waals surface area (Å²) in [6.45, 7) is 9.53. The van der Waals surface area contributed by atoms with Gasteiger partial charge in [0.1, 0.15) is 18.2 Å². The Morgan fingerprint density at radius 2 is 1.91 bits per heavy atom. The average Bonchev–Trinajstić information content (AvgIpc) is 3.07. The number of ether oxygens (including phenoxy) is 1. The molecule has 4 aromatic rings. The van der Waals surface area contributed by atoms with Crippen LogP contribution in [0.15, 0.2) is 60.2 Å². The van der Waals surface area contributed by atoms with Gasteiger partial charge in [0.25, 0.3) is 0 Å². The van der Waals surface area contributed by atoms with Crippen molar-refractivity contribution in [1.82, 2.24) is 9.55 Å². The molecule has 1 aromatic heterocycles. The molecular formula is C29H27N3O. The van der Waals surface area contributed by atoms with Crippen LogP contribution in [-0.2, 0) is 19.6 Å². The van der Waals surface area contributed by atoms with Crippen LogP contribution in [0.4, 0.5) is 0 Å². The van der Waals surface area contributed by atoms with Crippen LogP contribution in [0.5, 0.6) is 5.75 Å². The molecule has 5 rings (SSSR count). The lowest BCUT2D eigenvalue weighted by Crippen LogP contribution is -2.06. The van der Waals surface area contributed by atoms with E-state index in [-0.39, 0.29) is 0 Å². The maximum Gasteiger partial charge on any atom is 0.127 e. The van der Waals surface area contributed by atoms with E-state index in [0.29, 0.717) is 12.2 Å². The van der Waals surface area contributed by atoms with Crippen molar-refractivity contribution in [3.8, 4) is 11.8 Å². The van der Waals surface area contributed by atoms with Gasteiger partial charge in [-0.05, 0) is 66.8 Å². The summed E-state index contributed by atoms with van der Waals surface area (Å²) in [6.07, 6.45) is 0.880. The Morgan fingerprint density at radius 3 is 2.70 bits per heavy atom. The first kappa shape index (κ1) is 21.0. The number of aromatic nitrogens is 2. The molecule has 0 N–H and O–H groups in total. The molecule has 0 saturated heterocycles. The molecule has 164 valence electrons. The molecule has 0 spiro atoms. The van der Waals surface area contributed by atoms with Gasteiger partial charge < -0.3 is 9.30 Å². The highest BCUT2D eigenvalue weighted by molar-refractivity contribution is 5.88. The number of aryl methyl sites for hydroxylation is 3. The first-order chi connectivity index (χ1) is 16.0. The summed E-state index contributed by atoms with van der Waals surface area (Å²) in [4.78, 5) is 4.94. The second kappa shape index (κ2) is 8.26. The lowest BCUT2D eigenvalue weighted by molar-refractivity contribution is 0.307. The van der Waals surface area contributed by atoms with E-state index in [9.17, 15) is 5.26 Å². The first-order valence-corrected chi connectivity index (χ1v) is 11.4. The largest absolute Gasteiger partial charge is 0.488 e. The molecule has 0 unspecified atom stereocenters. The number of hydrogen-bond acceptors (Lipinski definition) is 3. The second-order valence-electron chi connectivity index (χ2n) is 8.81. The summed E-state index contributed by atoms with van der Waals surface area (Å²) in [6, 6.07) is 21.3. The Morgan fingerprint density at radius 1 is 1.09 bits per heavy atom. The number of allylic oxidation sites excluding steroid dienone is 1. The third kappa shape index (κ3) is 3.60. The molecular weight excluding hydrogens is 406 g/mol. The minimum absolute atomic E-state index is 0.478. The second-order valence-corrected chi connectivity index (χ2v) is 8.81. The minimum atomic E-state index is 0.478. The first-order valence-electron chi connectivity index (χ1n) is 11.4. The van der Waals surface area contributed by atoms with Crippen molar-refractivity contribution in [3.63, 3.8) is 0 Å². The van der Waals surface area contributed by atoms with E-state index in [1.165, 1.54) is 22.2 Å². The highest BCUT2D eigenvalue weighted by atomic mass is 16.5. The van der Waals surface area contributed by atoms with E-state index in [1.54, 1.807) is 0 Å². The topological polar surface area (TPSA) is 50.8 Å². The van der Waals surface area contributed by atoms with E-state index in [1.807, 2.05) is 31.2 Å². The summed E-state index contributed by atoms with van der Waals surface area (Å²) in [5, 5.41) is 9.70. The molecule has 1 aliphatic rings. The van der Waals surface area contributed by atoms with Crippen molar-refractivity contribution in [2.75, 3.05) is 0 Å². The summed E-state index contributed by atoms with van der Waals surface area (Å²) < 4.78 is 8.51. The van der Waals surface area contributed by atoms with Crippen molar-refractivity contribution in [3.05, 3.63) is 99.4 Å². The predicted octanol–water partition coefficient (Wildman–Crippen LogP) is 6.50. The van der Waals surface area contributed by atoms with Crippen LogP contribution in [0.2, 0.25) is 0 Å². The highest BCUT2D eigenvalue weighted by Gasteiger charge is 2.22. The predicted molar refractivity (Wildman–Crippen MR) is 132 cm³/mol. The van der Waals surface area contributed by atoms with E-state index in [2.05, 4.69) is 61.7 Å². The number of nitrogens with zero attached hydrogens (tertiary/aromatic N) is 3. The van der Waals surface area contributed by atoms with Crippen molar-refractivity contribution in [2.45, 2.75) is 47.3 Å². The molecule has 2 heterocycles. The average molecular weight is 434 g/mol. The molecule has 0 amide bonds. The van der Waals surface area contributed by atoms with E-state index >= 15 is 0 Å². The third-order valence-electron chi connectivity index (χ3n) is 6.45. The molecule has 0 atom stereocenters. The Kier molecular flexibility index (Phi) is 5.26. The van der Waals surface area contributed by atoms with Gasteiger partial charge in [0.2, 0.25) is 0 Å². The maximum atomic E-state index is 9.70. The zero-order chi connectivity index (χ0) is 23.1. The molecule has 4 heteroatoms. The molecule has 0 bridgehead atoms. The molecule has 0 saturated carbocycles. The summed E-state index contributed by atoms with van der Waals surface area (Å²) >= 11 is 0. The Bertz CT molecular complexity index is 1470. The minimum Gasteiger partial charge on any atom is -0.488 e. The van der Waals surface area contributed by atoms with Crippen LogP contribution in [0.25, 0.3) is 16.6 Å². The molecule has 0 radical (unpaired) electrons. The fourth-order valence-electron chi connectivity index (χ4n) is 4.91. The van der Waals surface area contributed by atoms with Gasteiger partial charge in [-0.15, -0.1) is 0 Å². The smallest absolute Gasteiger partial charge is 0.127 e. The van der Waals surface area contributed by atoms with Crippen molar-refractivity contribution >= 4 is 16.6 Å². The van der Waals surface area contributed by atoms with Crippen molar-refractivity contribution < 1.29 is 4.74 Å². The van der Waals surface area contributed by atoms with Crippen LogP contribution < -0.4 is 4.74 Å². The summed E-state index contributed by atoms with van der Waals surface area (Å²) in [5.74, 6) is 1.91. The van der Waals surface area contributed by atoms with Crippen molar-refractivity contribution in [1.29, 1.82) is 5.26 Å². The maximum absolute atomic E-state index is 9.70. The number of para-hydroxylation sites is 1. The zero-order valence-electron chi connectivity index (χ0n) is 19.6. The van der Waals surface area contributed by atoms with Crippen LogP contribution in [0, 0.1) is 25.2 Å². The number of rotatable bonds is 3. The number of hydrogen-bond donors (Lipinski definition) is 0. The molecule has 3 aromatic carbocycles. The van der Waals surface area contributed by atoms with E-state index < -0.39 is 0 Å². The third-order valence-corrected chi connectivity index (χ3v) is 6.45. The Hall–Kier alpha value is -3.84. The standard InChI is InChI=1S/C29H27N3O/c1-5-27-31-29-19(3)12-18(2)13-25(29)32(27)16-21-10-11-23-22(14-21)17-33-26-9-7-6-8-24(26)28(23)20(4)15-30/h6-14H,5,16-17H2,1-4H3. The number of imidazole rings is 1. The number of benzene rings is 3. The lowest BCUT2D eigenvalue weighted by Gasteiger charge is -2.14. The van der Waals surface area contributed by atoms with E-state index in [4.69, 9.17) is 9.72 Å². The van der Waals surface area contributed by atoms with E-state index in [0.717, 1.165) is 52.3 Å². The van der Waals surface area contributed by atoms with Gasteiger partial charge in [-0.2, -0.15) is 5.26 Å². The number of fused-ring (bicyclic) bond motifs is 3. The van der Waals surface area contributed by atoms with Crippen LogP contribution in [0.3, 0.4) is 0 Å². The molecule has 0 aliphatic carbocycles. The quantitative estimate of drug-likeness (QED) is 0.346. The van der Waals surface area contributed by atoms with Gasteiger partial charge in [-0.3, -0.25) is 0 Å². The van der Waals surface area contributed by atoms with Crippen LogP contribution in [0.1, 0.15) is 53.1 Å². The Balaban J connectivity index is 1.62. The fourth-order valence-corrected chi connectivity index (χ4v) is 4.91. The number of nitriles is 1. The van der Waals surface area contributed by atoms with Gasteiger partial charge >= 0.3 is 0 Å². The van der Waals surface area contributed by atoms with Gasteiger partial charge in [-0.25, -0.2) is 4.98 Å². The SMILES string of the molecule is CCc1nc2c(C)cc(C)cc2n1Cc1ccc2c(c1)COc1ccccc1C2=C(C)C#N. The molecule has 1 aliphatic heterocycles. The van der Waals surface area contributed by atoms with Gasteiger partial charge in [0.15, 0.2) is 0 Å². The zero-order valence-corrected chi connectivity index (χ0v) is 19.6. The Labute approximate surface area is 194 Å². The van der Waals surface area contributed by atoms with Gasteiger partial charge in [0.05, 0.1) is 17.1 Å². The normalized spacial score (nSPS) is 14.2. The monoisotopic (exact) mass is 433 g/mol. The molecule has 4 nitrogen and oxygen atoms in total. The summed E-state index contributed by atoms with van der Waals surface area (Å²) in [5.41, 5.74) is 10.7. The summed E-state index contributed by atoms with van der Waals surface area (Å²) in [7, 11) is 0. The van der Waals surface area contributed by atoms with Crippen LogP contribution in [-0.4, -0.2) is 9.55 Å². The van der Waals surface area contributed by atoms with Gasteiger partial charge in [0, 0.05) is 29.7 Å². The molecule has 0 fully saturated rings. The fraction of sp³-hybridized carbons (Fsp3) is 0.241. The van der Waals surface area contributed by atoms with Crippen molar-refractivity contribution in [2.24, 2.45) is 0 Å². The van der Waals surface area contributed by atoms with Crippen LogP contribution >= 0.6 is 0 Å². The van der Waals surface area contributed by atoms with Gasteiger partial charge in [-0.1, -0.05) is 43.3 Å². The lowest BCUT2D eigenvalue weighted by atomic mass is 9.90. The molecule has 33 heavy (non-hydrogen) atoms. The highest BCUT2D eigenvalue weighted by Crippen LogP contribution is 2.38.